The van der Waals surface area contributed by atoms with Gasteiger partial charge in [-0.2, -0.15) is 0 Å². The fourth-order valence-corrected chi connectivity index (χ4v) is 2.47. The highest BCUT2D eigenvalue weighted by atomic mass is 16.3. The summed E-state index contributed by atoms with van der Waals surface area (Å²) in [5.41, 5.74) is 3.02. The van der Waals surface area contributed by atoms with E-state index in [0.29, 0.717) is 5.92 Å². The molecule has 0 saturated carbocycles. The number of rotatable bonds is 4. The highest BCUT2D eigenvalue weighted by Crippen LogP contribution is 2.30. The SMILES string of the molecule is CC(CO)NCC1CCCc2ccccc21. The van der Waals surface area contributed by atoms with E-state index in [1.165, 1.54) is 30.4 Å². The van der Waals surface area contributed by atoms with Gasteiger partial charge in [-0.3, -0.25) is 0 Å². The molecule has 0 saturated heterocycles. The van der Waals surface area contributed by atoms with Crippen LogP contribution in [-0.4, -0.2) is 24.3 Å². The van der Waals surface area contributed by atoms with Gasteiger partial charge in [0.25, 0.3) is 0 Å². The Labute approximate surface area is 97.7 Å². The minimum atomic E-state index is 0.203. The van der Waals surface area contributed by atoms with Crippen LogP contribution in [-0.2, 0) is 6.42 Å². The third-order valence-corrected chi connectivity index (χ3v) is 3.48. The maximum absolute atomic E-state index is 9.00. The quantitative estimate of drug-likeness (QED) is 0.812. The number of nitrogens with one attached hydrogen (secondary N) is 1. The van der Waals surface area contributed by atoms with Crippen LogP contribution in [0.25, 0.3) is 0 Å². The van der Waals surface area contributed by atoms with E-state index in [-0.39, 0.29) is 12.6 Å². The largest absolute Gasteiger partial charge is 0.395 e. The molecule has 0 heterocycles. The summed E-state index contributed by atoms with van der Waals surface area (Å²) in [4.78, 5) is 0. The zero-order valence-corrected chi connectivity index (χ0v) is 9.95. The van der Waals surface area contributed by atoms with Crippen molar-refractivity contribution in [2.24, 2.45) is 0 Å². The van der Waals surface area contributed by atoms with Gasteiger partial charge >= 0.3 is 0 Å². The lowest BCUT2D eigenvalue weighted by Gasteiger charge is -2.26. The molecule has 2 N–H and O–H groups in total. The molecular weight excluding hydrogens is 198 g/mol. The second kappa shape index (κ2) is 5.46. The number of aliphatic hydroxyl groups is 1. The smallest absolute Gasteiger partial charge is 0.0581 e. The monoisotopic (exact) mass is 219 g/mol. The van der Waals surface area contributed by atoms with Crippen molar-refractivity contribution in [3.05, 3.63) is 35.4 Å². The van der Waals surface area contributed by atoms with E-state index in [0.717, 1.165) is 6.54 Å². The van der Waals surface area contributed by atoms with Gasteiger partial charge in [-0.05, 0) is 43.2 Å². The molecule has 2 rings (SSSR count). The molecule has 1 aliphatic carbocycles. The highest BCUT2D eigenvalue weighted by Gasteiger charge is 2.19. The number of aliphatic hydroxyl groups excluding tert-OH is 1. The fourth-order valence-electron chi connectivity index (χ4n) is 2.47. The van der Waals surface area contributed by atoms with E-state index < -0.39 is 0 Å². The van der Waals surface area contributed by atoms with Crippen molar-refractivity contribution in [3.8, 4) is 0 Å². The highest BCUT2D eigenvalue weighted by molar-refractivity contribution is 5.32. The molecule has 88 valence electrons. The molecule has 0 bridgehead atoms. The second-order valence-electron chi connectivity index (χ2n) is 4.78. The molecule has 0 spiro atoms. The predicted molar refractivity (Wildman–Crippen MR) is 66.7 cm³/mol. The molecule has 1 aliphatic rings. The van der Waals surface area contributed by atoms with Gasteiger partial charge in [-0.1, -0.05) is 24.3 Å². The lowest BCUT2D eigenvalue weighted by molar-refractivity contribution is 0.249. The van der Waals surface area contributed by atoms with E-state index in [1.54, 1.807) is 0 Å². The van der Waals surface area contributed by atoms with Crippen molar-refractivity contribution in [2.75, 3.05) is 13.2 Å². The molecule has 0 aromatic heterocycles. The molecular formula is C14H21NO. The second-order valence-corrected chi connectivity index (χ2v) is 4.78. The van der Waals surface area contributed by atoms with Gasteiger partial charge < -0.3 is 10.4 Å². The van der Waals surface area contributed by atoms with Crippen molar-refractivity contribution >= 4 is 0 Å². The van der Waals surface area contributed by atoms with E-state index in [9.17, 15) is 0 Å². The van der Waals surface area contributed by atoms with E-state index >= 15 is 0 Å². The Hall–Kier alpha value is -0.860. The van der Waals surface area contributed by atoms with Crippen molar-refractivity contribution in [1.29, 1.82) is 0 Å². The molecule has 0 radical (unpaired) electrons. The average Bonchev–Trinajstić information content (AvgIpc) is 2.35. The number of benzene rings is 1. The third-order valence-electron chi connectivity index (χ3n) is 3.48. The van der Waals surface area contributed by atoms with Gasteiger partial charge in [0.1, 0.15) is 0 Å². The Kier molecular flexibility index (Phi) is 3.97. The standard InChI is InChI=1S/C14H21NO/c1-11(10-16)15-9-13-7-4-6-12-5-2-3-8-14(12)13/h2-3,5,8,11,13,15-16H,4,6-7,9-10H2,1H3. The zero-order valence-electron chi connectivity index (χ0n) is 9.95. The van der Waals surface area contributed by atoms with Crippen LogP contribution in [0.15, 0.2) is 24.3 Å². The van der Waals surface area contributed by atoms with Crippen LogP contribution in [0.3, 0.4) is 0 Å². The average molecular weight is 219 g/mol. The van der Waals surface area contributed by atoms with Crippen LogP contribution in [0, 0.1) is 0 Å². The third kappa shape index (κ3) is 2.63. The van der Waals surface area contributed by atoms with E-state index in [4.69, 9.17) is 5.11 Å². The van der Waals surface area contributed by atoms with Crippen LogP contribution >= 0.6 is 0 Å². The molecule has 2 atom stereocenters. The first-order valence-electron chi connectivity index (χ1n) is 6.23. The van der Waals surface area contributed by atoms with Gasteiger partial charge in [0.15, 0.2) is 0 Å². The van der Waals surface area contributed by atoms with Crippen LogP contribution in [0.1, 0.15) is 36.8 Å². The Morgan fingerprint density at radius 3 is 3.06 bits per heavy atom. The molecule has 0 aliphatic heterocycles. The fraction of sp³-hybridized carbons (Fsp3) is 0.571. The first kappa shape index (κ1) is 11.6. The Bertz CT molecular complexity index is 337. The lowest BCUT2D eigenvalue weighted by atomic mass is 9.83. The summed E-state index contributed by atoms with van der Waals surface area (Å²) in [6.07, 6.45) is 3.78. The summed E-state index contributed by atoms with van der Waals surface area (Å²) in [7, 11) is 0. The van der Waals surface area contributed by atoms with E-state index in [2.05, 4.69) is 29.6 Å². The summed E-state index contributed by atoms with van der Waals surface area (Å²) in [5.74, 6) is 0.624. The van der Waals surface area contributed by atoms with Crippen molar-refractivity contribution < 1.29 is 5.11 Å². The van der Waals surface area contributed by atoms with Gasteiger partial charge in [0, 0.05) is 12.6 Å². The molecule has 0 fully saturated rings. The van der Waals surface area contributed by atoms with Crippen molar-refractivity contribution in [2.45, 2.75) is 38.1 Å². The minimum absolute atomic E-state index is 0.203. The summed E-state index contributed by atoms with van der Waals surface area (Å²) in [6.45, 7) is 3.22. The van der Waals surface area contributed by atoms with Crippen LogP contribution in [0.4, 0.5) is 0 Å². The first-order valence-corrected chi connectivity index (χ1v) is 6.23. The lowest BCUT2D eigenvalue weighted by Crippen LogP contribution is -2.33. The topological polar surface area (TPSA) is 32.3 Å². The predicted octanol–water partition coefficient (Wildman–Crippen LogP) is 2.08. The summed E-state index contributed by atoms with van der Waals surface area (Å²) in [6, 6.07) is 8.97. The van der Waals surface area contributed by atoms with Crippen LogP contribution in [0.2, 0.25) is 0 Å². The number of hydrogen-bond donors (Lipinski definition) is 2. The van der Waals surface area contributed by atoms with Crippen LogP contribution < -0.4 is 5.32 Å². The van der Waals surface area contributed by atoms with Crippen LogP contribution in [0.5, 0.6) is 0 Å². The molecule has 1 aromatic rings. The van der Waals surface area contributed by atoms with Gasteiger partial charge in [0.2, 0.25) is 0 Å². The Balaban J connectivity index is 2.01. The summed E-state index contributed by atoms with van der Waals surface area (Å²) in [5, 5.41) is 12.4. The Morgan fingerprint density at radius 1 is 1.44 bits per heavy atom. The first-order chi connectivity index (χ1) is 7.81. The maximum Gasteiger partial charge on any atom is 0.0581 e. The number of fused-ring (bicyclic) bond motifs is 1. The molecule has 2 nitrogen and oxygen atoms in total. The number of hydrogen-bond acceptors (Lipinski definition) is 2. The van der Waals surface area contributed by atoms with E-state index in [1.807, 2.05) is 6.92 Å². The Morgan fingerprint density at radius 2 is 2.25 bits per heavy atom. The number of aryl methyl sites for hydroxylation is 1. The normalized spacial score (nSPS) is 21.5. The van der Waals surface area contributed by atoms with Crippen molar-refractivity contribution in [3.63, 3.8) is 0 Å². The summed E-state index contributed by atoms with van der Waals surface area (Å²) >= 11 is 0. The van der Waals surface area contributed by atoms with Crippen molar-refractivity contribution in [1.82, 2.24) is 5.32 Å². The molecule has 16 heavy (non-hydrogen) atoms. The minimum Gasteiger partial charge on any atom is -0.395 e. The van der Waals surface area contributed by atoms with Gasteiger partial charge in [0.05, 0.1) is 6.61 Å². The van der Waals surface area contributed by atoms with Gasteiger partial charge in [-0.25, -0.2) is 0 Å². The molecule has 1 aromatic carbocycles. The zero-order chi connectivity index (χ0) is 11.4. The summed E-state index contributed by atoms with van der Waals surface area (Å²) < 4.78 is 0. The molecule has 0 amide bonds. The molecule has 2 unspecified atom stereocenters. The van der Waals surface area contributed by atoms with Gasteiger partial charge in [-0.15, -0.1) is 0 Å². The maximum atomic E-state index is 9.00. The molecule has 2 heteroatoms.